The zero-order valence-electron chi connectivity index (χ0n) is 14.1. The van der Waals surface area contributed by atoms with Gasteiger partial charge < -0.3 is 10.2 Å². The summed E-state index contributed by atoms with van der Waals surface area (Å²) in [5.41, 5.74) is 1.50. The van der Waals surface area contributed by atoms with Crippen molar-refractivity contribution >= 4 is 5.91 Å². The Labute approximate surface area is 148 Å². The molecule has 0 unspecified atom stereocenters. The lowest BCUT2D eigenvalue weighted by Gasteiger charge is -2.24. The Morgan fingerprint density at radius 3 is 2.77 bits per heavy atom. The van der Waals surface area contributed by atoms with Gasteiger partial charge in [0.05, 0.1) is 5.56 Å². The van der Waals surface area contributed by atoms with E-state index in [2.05, 4.69) is 15.5 Å². The minimum absolute atomic E-state index is 0.0207. The van der Waals surface area contributed by atoms with Crippen molar-refractivity contribution < 1.29 is 18.0 Å². The standard InChI is InChI=1S/C18H19F3N4O/c19-18(20,21)14-4-2-1-3-11(14)10-25(12-5-6-12)17(26)16-13-9-22-8-7-15(13)23-24-16/h1-4,12,22H,5-10H2,(H,23,24). The number of rotatable bonds is 4. The fraction of sp³-hybridized carbons (Fsp3) is 0.444. The van der Waals surface area contributed by atoms with E-state index in [4.69, 9.17) is 0 Å². The Morgan fingerprint density at radius 1 is 1.27 bits per heavy atom. The monoisotopic (exact) mass is 364 g/mol. The molecule has 26 heavy (non-hydrogen) atoms. The third kappa shape index (κ3) is 3.21. The predicted octanol–water partition coefficient (Wildman–Crippen LogP) is 2.88. The van der Waals surface area contributed by atoms with Gasteiger partial charge in [0.25, 0.3) is 5.91 Å². The van der Waals surface area contributed by atoms with Crippen molar-refractivity contribution in [3.8, 4) is 0 Å². The average molecular weight is 364 g/mol. The van der Waals surface area contributed by atoms with Crippen LogP contribution in [0.1, 0.15) is 45.7 Å². The van der Waals surface area contributed by atoms with Crippen LogP contribution in [0.3, 0.4) is 0 Å². The van der Waals surface area contributed by atoms with Crippen molar-refractivity contribution in [3.63, 3.8) is 0 Å². The highest BCUT2D eigenvalue weighted by molar-refractivity contribution is 5.94. The first-order valence-electron chi connectivity index (χ1n) is 8.68. The molecular formula is C18H19F3N4O. The summed E-state index contributed by atoms with van der Waals surface area (Å²) < 4.78 is 39.9. The van der Waals surface area contributed by atoms with Crippen molar-refractivity contribution in [2.75, 3.05) is 6.54 Å². The molecule has 2 N–H and O–H groups in total. The van der Waals surface area contributed by atoms with Gasteiger partial charge >= 0.3 is 6.18 Å². The molecule has 0 spiro atoms. The maximum atomic E-state index is 13.3. The second kappa shape index (κ2) is 6.42. The number of carbonyl (C=O) groups is 1. The fourth-order valence-corrected chi connectivity index (χ4v) is 3.41. The third-order valence-corrected chi connectivity index (χ3v) is 4.92. The van der Waals surface area contributed by atoms with Gasteiger partial charge in [-0.25, -0.2) is 0 Å². The molecule has 2 heterocycles. The molecular weight excluding hydrogens is 345 g/mol. The number of H-pyrrole nitrogens is 1. The van der Waals surface area contributed by atoms with Crippen LogP contribution >= 0.6 is 0 Å². The summed E-state index contributed by atoms with van der Waals surface area (Å²) in [6, 6.07) is 5.41. The molecule has 1 fully saturated rings. The van der Waals surface area contributed by atoms with Gasteiger partial charge in [-0.05, 0) is 24.5 Å². The fourth-order valence-electron chi connectivity index (χ4n) is 3.41. The molecule has 1 aromatic carbocycles. The van der Waals surface area contributed by atoms with E-state index in [0.717, 1.165) is 43.1 Å². The van der Waals surface area contributed by atoms with E-state index in [1.165, 1.54) is 17.0 Å². The lowest BCUT2D eigenvalue weighted by atomic mass is 10.0. The largest absolute Gasteiger partial charge is 0.416 e. The molecule has 1 aliphatic heterocycles. The first-order valence-corrected chi connectivity index (χ1v) is 8.68. The number of benzene rings is 1. The second-order valence-corrected chi connectivity index (χ2v) is 6.78. The summed E-state index contributed by atoms with van der Waals surface area (Å²) in [7, 11) is 0. The maximum absolute atomic E-state index is 13.3. The first-order chi connectivity index (χ1) is 12.4. The predicted molar refractivity (Wildman–Crippen MR) is 88.3 cm³/mol. The number of hydrogen-bond acceptors (Lipinski definition) is 3. The van der Waals surface area contributed by atoms with Gasteiger partial charge in [0.2, 0.25) is 0 Å². The first kappa shape index (κ1) is 17.1. The average Bonchev–Trinajstić information content (AvgIpc) is 3.37. The zero-order valence-corrected chi connectivity index (χ0v) is 14.1. The highest BCUT2D eigenvalue weighted by Gasteiger charge is 2.38. The van der Waals surface area contributed by atoms with E-state index >= 15 is 0 Å². The van der Waals surface area contributed by atoms with Gasteiger partial charge in [0.15, 0.2) is 5.69 Å². The van der Waals surface area contributed by atoms with Crippen molar-refractivity contribution in [1.29, 1.82) is 0 Å². The van der Waals surface area contributed by atoms with Gasteiger partial charge in [-0.3, -0.25) is 9.89 Å². The van der Waals surface area contributed by atoms with Gasteiger partial charge in [-0.15, -0.1) is 0 Å². The summed E-state index contributed by atoms with van der Waals surface area (Å²) in [5, 5.41) is 10.3. The molecule has 4 rings (SSSR count). The van der Waals surface area contributed by atoms with Crippen molar-refractivity contribution in [2.45, 2.75) is 44.6 Å². The van der Waals surface area contributed by atoms with Crippen LogP contribution in [-0.2, 0) is 25.7 Å². The van der Waals surface area contributed by atoms with Crippen LogP contribution in [0.5, 0.6) is 0 Å². The van der Waals surface area contributed by atoms with Gasteiger partial charge in [0, 0.05) is 43.4 Å². The number of alkyl halides is 3. The minimum atomic E-state index is -4.44. The molecule has 0 radical (unpaired) electrons. The Balaban J connectivity index is 1.64. The molecule has 0 atom stereocenters. The number of aromatic nitrogens is 2. The van der Waals surface area contributed by atoms with E-state index in [9.17, 15) is 18.0 Å². The number of amides is 1. The van der Waals surface area contributed by atoms with Crippen molar-refractivity contribution in [2.24, 2.45) is 0 Å². The number of fused-ring (bicyclic) bond motifs is 1. The van der Waals surface area contributed by atoms with Crippen LogP contribution in [0, 0.1) is 0 Å². The normalized spacial score (nSPS) is 17.0. The molecule has 138 valence electrons. The third-order valence-electron chi connectivity index (χ3n) is 4.92. The Hall–Kier alpha value is -2.35. The number of hydrogen-bond donors (Lipinski definition) is 2. The molecule has 2 aliphatic rings. The number of halogens is 3. The van der Waals surface area contributed by atoms with Crippen LogP contribution < -0.4 is 5.32 Å². The van der Waals surface area contributed by atoms with Crippen molar-refractivity contribution in [1.82, 2.24) is 20.4 Å². The SMILES string of the molecule is O=C(c1n[nH]c2c1CNCC2)N(Cc1ccccc1C(F)(F)F)C1CC1. The molecule has 0 saturated heterocycles. The van der Waals surface area contributed by atoms with E-state index in [-0.39, 0.29) is 24.1 Å². The highest BCUT2D eigenvalue weighted by atomic mass is 19.4. The molecule has 1 aliphatic carbocycles. The molecule has 1 saturated carbocycles. The summed E-state index contributed by atoms with van der Waals surface area (Å²) >= 11 is 0. The second-order valence-electron chi connectivity index (χ2n) is 6.78. The smallest absolute Gasteiger partial charge is 0.330 e. The highest BCUT2D eigenvalue weighted by Crippen LogP contribution is 2.35. The van der Waals surface area contributed by atoms with E-state index in [0.29, 0.717) is 12.2 Å². The summed E-state index contributed by atoms with van der Waals surface area (Å²) in [5.74, 6) is -0.300. The number of aromatic amines is 1. The van der Waals surface area contributed by atoms with Gasteiger partial charge in [-0.1, -0.05) is 18.2 Å². The molecule has 1 amide bonds. The van der Waals surface area contributed by atoms with E-state index in [1.54, 1.807) is 6.07 Å². The van der Waals surface area contributed by atoms with Crippen molar-refractivity contribution in [3.05, 3.63) is 52.3 Å². The van der Waals surface area contributed by atoms with E-state index < -0.39 is 11.7 Å². The zero-order chi connectivity index (χ0) is 18.3. The maximum Gasteiger partial charge on any atom is 0.416 e. The molecule has 1 aromatic heterocycles. The van der Waals surface area contributed by atoms with E-state index in [1.807, 2.05) is 0 Å². The Kier molecular flexibility index (Phi) is 4.22. The van der Waals surface area contributed by atoms with Crippen LogP contribution in [-0.4, -0.2) is 33.6 Å². The lowest BCUT2D eigenvalue weighted by Crippen LogP contribution is -2.35. The summed E-state index contributed by atoms with van der Waals surface area (Å²) in [6.45, 7) is 1.30. The molecule has 2 aromatic rings. The molecule has 0 bridgehead atoms. The van der Waals surface area contributed by atoms with Crippen LogP contribution in [0.15, 0.2) is 24.3 Å². The lowest BCUT2D eigenvalue weighted by molar-refractivity contribution is -0.138. The molecule has 8 heteroatoms. The van der Waals surface area contributed by atoms with Gasteiger partial charge in [0.1, 0.15) is 0 Å². The summed E-state index contributed by atoms with van der Waals surface area (Å²) in [4.78, 5) is 14.6. The Bertz CT molecular complexity index is 826. The van der Waals surface area contributed by atoms with Crippen LogP contribution in [0.2, 0.25) is 0 Å². The molecule has 5 nitrogen and oxygen atoms in total. The van der Waals surface area contributed by atoms with Gasteiger partial charge in [-0.2, -0.15) is 18.3 Å². The minimum Gasteiger partial charge on any atom is -0.330 e. The number of nitrogens with one attached hydrogen (secondary N) is 2. The quantitative estimate of drug-likeness (QED) is 0.877. The van der Waals surface area contributed by atoms with Crippen LogP contribution in [0.4, 0.5) is 13.2 Å². The topological polar surface area (TPSA) is 61.0 Å². The summed E-state index contributed by atoms with van der Waals surface area (Å²) in [6.07, 6.45) is -2.06. The van der Waals surface area contributed by atoms with Crippen LogP contribution in [0.25, 0.3) is 0 Å². The Morgan fingerprint density at radius 2 is 2.04 bits per heavy atom. The number of nitrogens with zero attached hydrogens (tertiary/aromatic N) is 2. The number of carbonyl (C=O) groups excluding carboxylic acids is 1.